The molecular weight excluding hydrogens is 322 g/mol. The molecule has 138 valence electrons. The summed E-state index contributed by atoms with van der Waals surface area (Å²) in [5, 5.41) is 2.71. The third-order valence-corrected chi connectivity index (χ3v) is 4.01. The molecule has 25 heavy (non-hydrogen) atoms. The van der Waals surface area contributed by atoms with Crippen LogP contribution in [0.5, 0.6) is 0 Å². The molecule has 0 unspecified atom stereocenters. The van der Waals surface area contributed by atoms with Crippen molar-refractivity contribution in [1.29, 1.82) is 0 Å². The largest absolute Gasteiger partial charge is 0.444 e. The number of ether oxygens (including phenoxy) is 1. The lowest BCUT2D eigenvalue weighted by Gasteiger charge is -2.42. The number of carbonyl (C=O) groups is 2. The molecule has 1 fully saturated rings. The van der Waals surface area contributed by atoms with Crippen LogP contribution in [0.4, 0.5) is 10.7 Å². The number of rotatable bonds is 3. The molecule has 2 atom stereocenters. The van der Waals surface area contributed by atoms with Crippen LogP contribution >= 0.6 is 0 Å². The van der Waals surface area contributed by atoms with Gasteiger partial charge in [0.2, 0.25) is 11.9 Å². The average molecular weight is 349 g/mol. The first-order chi connectivity index (χ1) is 11.7. The molecule has 0 saturated carbocycles. The zero-order chi connectivity index (χ0) is 18.6. The number of anilines is 1. The number of aromatic nitrogens is 2. The summed E-state index contributed by atoms with van der Waals surface area (Å²) in [6.07, 6.45) is 2.85. The molecule has 2 amide bonds. The molecule has 0 radical (unpaired) electrons. The number of carbonyl (C=O) groups excluding carboxylic acids is 2. The average Bonchev–Trinajstić information content (AvgIpc) is 2.53. The van der Waals surface area contributed by atoms with E-state index in [4.69, 9.17) is 4.74 Å². The molecule has 1 aliphatic heterocycles. The predicted octanol–water partition coefficient (Wildman–Crippen LogP) is 1.74. The molecule has 2 heterocycles. The van der Waals surface area contributed by atoms with Crippen molar-refractivity contribution in [2.75, 3.05) is 25.0 Å². The van der Waals surface area contributed by atoms with Crippen LogP contribution in [0.25, 0.3) is 0 Å². The van der Waals surface area contributed by atoms with Gasteiger partial charge in [0, 0.05) is 38.1 Å². The molecule has 0 spiro atoms. The lowest BCUT2D eigenvalue weighted by molar-refractivity contribution is -0.121. The van der Waals surface area contributed by atoms with E-state index < -0.39 is 5.60 Å². The molecule has 0 aromatic carbocycles. The van der Waals surface area contributed by atoms with Crippen LogP contribution in [0, 0.1) is 0 Å². The highest BCUT2D eigenvalue weighted by Crippen LogP contribution is 2.17. The number of piperazine rings is 1. The second-order valence-corrected chi connectivity index (χ2v) is 7.26. The number of nitrogens with one attached hydrogen (secondary N) is 1. The fraction of sp³-hybridized carbons (Fsp3) is 0.647. The van der Waals surface area contributed by atoms with Crippen LogP contribution in [0.1, 0.15) is 34.6 Å². The van der Waals surface area contributed by atoms with E-state index in [0.717, 1.165) is 0 Å². The summed E-state index contributed by atoms with van der Waals surface area (Å²) >= 11 is 0. The summed E-state index contributed by atoms with van der Waals surface area (Å²) in [7, 11) is 0. The highest BCUT2D eigenvalue weighted by atomic mass is 16.6. The third-order valence-electron chi connectivity index (χ3n) is 4.01. The van der Waals surface area contributed by atoms with Gasteiger partial charge in [-0.2, -0.15) is 0 Å². The van der Waals surface area contributed by atoms with Crippen LogP contribution in [-0.2, 0) is 9.53 Å². The van der Waals surface area contributed by atoms with Crippen molar-refractivity contribution >= 4 is 17.9 Å². The van der Waals surface area contributed by atoms with Crippen LogP contribution < -0.4 is 5.32 Å². The predicted molar refractivity (Wildman–Crippen MR) is 94.1 cm³/mol. The fourth-order valence-corrected chi connectivity index (χ4v) is 2.67. The summed E-state index contributed by atoms with van der Waals surface area (Å²) in [4.78, 5) is 36.4. The van der Waals surface area contributed by atoms with Gasteiger partial charge in [-0.15, -0.1) is 0 Å². The van der Waals surface area contributed by atoms with Crippen molar-refractivity contribution in [2.24, 2.45) is 0 Å². The van der Waals surface area contributed by atoms with E-state index in [1.807, 2.05) is 39.5 Å². The maximum Gasteiger partial charge on any atom is 0.410 e. The smallest absolute Gasteiger partial charge is 0.410 e. The molecule has 1 aromatic heterocycles. The summed E-state index contributed by atoms with van der Waals surface area (Å²) in [5.74, 6) is 0.129. The fourth-order valence-electron chi connectivity index (χ4n) is 2.67. The van der Waals surface area contributed by atoms with E-state index in [1.54, 1.807) is 23.4 Å². The summed E-state index contributed by atoms with van der Waals surface area (Å²) < 4.78 is 5.44. The Kier molecular flexibility index (Phi) is 5.94. The molecule has 1 N–H and O–H groups in total. The lowest BCUT2D eigenvalue weighted by atomic mass is 10.1. The van der Waals surface area contributed by atoms with E-state index >= 15 is 0 Å². The zero-order valence-corrected chi connectivity index (χ0v) is 15.5. The molecule has 1 aromatic rings. The van der Waals surface area contributed by atoms with Gasteiger partial charge < -0.3 is 9.64 Å². The molecular formula is C17H27N5O3. The summed E-state index contributed by atoms with van der Waals surface area (Å²) in [5.41, 5.74) is -0.517. The molecule has 1 aliphatic rings. The minimum atomic E-state index is -0.517. The Morgan fingerprint density at radius 1 is 1.28 bits per heavy atom. The Labute approximate surface area is 148 Å². The second kappa shape index (κ2) is 7.77. The van der Waals surface area contributed by atoms with Gasteiger partial charge in [0.15, 0.2) is 0 Å². The van der Waals surface area contributed by atoms with Gasteiger partial charge >= 0.3 is 6.09 Å². The van der Waals surface area contributed by atoms with Crippen molar-refractivity contribution in [3.05, 3.63) is 18.5 Å². The second-order valence-electron chi connectivity index (χ2n) is 7.26. The quantitative estimate of drug-likeness (QED) is 0.894. The molecule has 8 heteroatoms. The van der Waals surface area contributed by atoms with E-state index in [0.29, 0.717) is 25.6 Å². The summed E-state index contributed by atoms with van der Waals surface area (Å²) in [6.45, 7) is 11.1. The van der Waals surface area contributed by atoms with E-state index in [2.05, 4.69) is 15.3 Å². The SMILES string of the molecule is C[C@H](C(=O)Nc1ncccn1)N1CCN(C(=O)OC(C)(C)C)[C@@H](C)C1. The normalized spacial score (nSPS) is 20.0. The van der Waals surface area contributed by atoms with Crippen molar-refractivity contribution in [3.63, 3.8) is 0 Å². The van der Waals surface area contributed by atoms with Gasteiger partial charge in [-0.1, -0.05) is 0 Å². The van der Waals surface area contributed by atoms with E-state index in [1.165, 1.54) is 0 Å². The Bertz CT molecular complexity index is 602. The minimum absolute atomic E-state index is 0.0353. The standard InChI is InChI=1S/C17H27N5O3/c1-12-11-21(9-10-22(12)16(24)25-17(3,4)5)13(2)14(23)20-15-18-7-6-8-19-15/h6-8,12-13H,9-11H2,1-5H3,(H,18,19,20,23)/t12-,13+/m0/s1. The van der Waals surface area contributed by atoms with Gasteiger partial charge in [-0.3, -0.25) is 15.0 Å². The number of hydrogen-bond donors (Lipinski definition) is 1. The molecule has 0 bridgehead atoms. The first-order valence-corrected chi connectivity index (χ1v) is 8.49. The topological polar surface area (TPSA) is 87.7 Å². The minimum Gasteiger partial charge on any atom is -0.444 e. The van der Waals surface area contributed by atoms with E-state index in [9.17, 15) is 9.59 Å². The lowest BCUT2D eigenvalue weighted by Crippen LogP contribution is -2.58. The zero-order valence-electron chi connectivity index (χ0n) is 15.5. The first-order valence-electron chi connectivity index (χ1n) is 8.49. The highest BCUT2D eigenvalue weighted by molar-refractivity contribution is 5.93. The van der Waals surface area contributed by atoms with Gasteiger partial charge in [-0.05, 0) is 40.7 Å². The molecule has 1 saturated heterocycles. The third kappa shape index (κ3) is 5.38. The maximum atomic E-state index is 12.4. The molecule has 2 rings (SSSR count). The molecule has 8 nitrogen and oxygen atoms in total. The van der Waals surface area contributed by atoms with Crippen molar-refractivity contribution in [3.8, 4) is 0 Å². The van der Waals surface area contributed by atoms with Gasteiger partial charge in [-0.25, -0.2) is 14.8 Å². The maximum absolute atomic E-state index is 12.4. The number of hydrogen-bond acceptors (Lipinski definition) is 6. The van der Waals surface area contributed by atoms with Crippen LogP contribution in [-0.4, -0.2) is 69.1 Å². The van der Waals surface area contributed by atoms with Gasteiger partial charge in [0.25, 0.3) is 0 Å². The van der Waals surface area contributed by atoms with Gasteiger partial charge in [0.05, 0.1) is 6.04 Å². The highest BCUT2D eigenvalue weighted by Gasteiger charge is 2.34. The Hall–Kier alpha value is -2.22. The van der Waals surface area contributed by atoms with Crippen molar-refractivity contribution in [2.45, 2.75) is 52.3 Å². The van der Waals surface area contributed by atoms with Crippen LogP contribution in [0.15, 0.2) is 18.5 Å². The van der Waals surface area contributed by atoms with Crippen molar-refractivity contribution in [1.82, 2.24) is 19.8 Å². The van der Waals surface area contributed by atoms with Crippen LogP contribution in [0.3, 0.4) is 0 Å². The number of amides is 2. The Morgan fingerprint density at radius 3 is 2.48 bits per heavy atom. The Balaban J connectivity index is 1.91. The van der Waals surface area contributed by atoms with E-state index in [-0.39, 0.29) is 24.1 Å². The first kappa shape index (κ1) is 19.1. The summed E-state index contributed by atoms with van der Waals surface area (Å²) in [6, 6.07) is 1.32. The van der Waals surface area contributed by atoms with Crippen molar-refractivity contribution < 1.29 is 14.3 Å². The Morgan fingerprint density at radius 2 is 1.92 bits per heavy atom. The number of nitrogens with zero attached hydrogens (tertiary/aromatic N) is 4. The van der Waals surface area contributed by atoms with Gasteiger partial charge in [0.1, 0.15) is 5.60 Å². The van der Waals surface area contributed by atoms with Crippen LogP contribution in [0.2, 0.25) is 0 Å². The monoisotopic (exact) mass is 349 g/mol. The molecule has 0 aliphatic carbocycles.